The third kappa shape index (κ3) is 5.63. The van der Waals surface area contributed by atoms with Gasteiger partial charge in [0.1, 0.15) is 17.2 Å². The molecule has 1 N–H and O–H groups in total. The first kappa shape index (κ1) is 23.4. The molecule has 0 saturated carbocycles. The Bertz CT molecular complexity index is 1280. The molecule has 1 amide bonds. The predicted octanol–water partition coefficient (Wildman–Crippen LogP) is 5.80. The number of nitrogens with one attached hydrogen (secondary N) is 1. The van der Waals surface area contributed by atoms with Gasteiger partial charge in [-0.3, -0.25) is 4.79 Å². The summed E-state index contributed by atoms with van der Waals surface area (Å²) in [5.41, 5.74) is 2.53. The molecule has 36 heavy (non-hydrogen) atoms. The largest absolute Gasteiger partial charge is 0.497 e. The molecule has 2 heterocycles. The summed E-state index contributed by atoms with van der Waals surface area (Å²) < 4.78 is 11.0. The number of piperidine rings is 1. The monoisotopic (exact) mass is 480 g/mol. The second-order valence-electron chi connectivity index (χ2n) is 8.72. The fraction of sp³-hybridized carbons (Fsp3) is 0.207. The summed E-state index contributed by atoms with van der Waals surface area (Å²) in [6, 6.07) is 28.7. The highest BCUT2D eigenvalue weighted by atomic mass is 16.5. The smallest absolute Gasteiger partial charge is 0.229 e. The summed E-state index contributed by atoms with van der Waals surface area (Å²) in [6.45, 7) is 1.46. The molecule has 0 aliphatic carbocycles. The highest BCUT2D eigenvalue weighted by Crippen LogP contribution is 2.26. The Morgan fingerprint density at radius 3 is 2.28 bits per heavy atom. The maximum atomic E-state index is 13.0. The van der Waals surface area contributed by atoms with E-state index >= 15 is 0 Å². The molecule has 1 aliphatic heterocycles. The molecule has 1 atom stereocenters. The van der Waals surface area contributed by atoms with E-state index < -0.39 is 0 Å². The molecule has 1 aromatic heterocycles. The predicted molar refractivity (Wildman–Crippen MR) is 141 cm³/mol. The summed E-state index contributed by atoms with van der Waals surface area (Å²) in [6.07, 6.45) is 1.76. The summed E-state index contributed by atoms with van der Waals surface area (Å²) in [7, 11) is 1.65. The van der Waals surface area contributed by atoms with E-state index in [9.17, 15) is 4.79 Å². The number of anilines is 2. The van der Waals surface area contributed by atoms with Crippen LogP contribution in [0.15, 0.2) is 91.0 Å². The van der Waals surface area contributed by atoms with E-state index in [0.717, 1.165) is 59.4 Å². The molecule has 3 aromatic carbocycles. The molecule has 4 aromatic rings. The second-order valence-corrected chi connectivity index (χ2v) is 8.72. The van der Waals surface area contributed by atoms with Gasteiger partial charge in [-0.05, 0) is 85.6 Å². The van der Waals surface area contributed by atoms with Crippen molar-refractivity contribution in [3.05, 3.63) is 91.0 Å². The maximum Gasteiger partial charge on any atom is 0.229 e. The zero-order valence-corrected chi connectivity index (χ0v) is 20.1. The highest BCUT2D eigenvalue weighted by molar-refractivity contribution is 5.93. The van der Waals surface area contributed by atoms with E-state index in [-0.39, 0.29) is 11.8 Å². The van der Waals surface area contributed by atoms with Crippen molar-refractivity contribution in [2.45, 2.75) is 12.8 Å². The van der Waals surface area contributed by atoms with Gasteiger partial charge in [-0.25, -0.2) is 0 Å². The van der Waals surface area contributed by atoms with Crippen LogP contribution in [0.3, 0.4) is 0 Å². The van der Waals surface area contributed by atoms with Gasteiger partial charge in [0.25, 0.3) is 0 Å². The number of nitrogens with zero attached hydrogens (tertiary/aromatic N) is 3. The van der Waals surface area contributed by atoms with E-state index in [2.05, 4.69) is 20.4 Å². The minimum absolute atomic E-state index is 0.0132. The first-order valence-electron chi connectivity index (χ1n) is 12.0. The lowest BCUT2D eigenvalue weighted by Crippen LogP contribution is -2.41. The second kappa shape index (κ2) is 10.9. The van der Waals surface area contributed by atoms with Gasteiger partial charge in [0.05, 0.1) is 18.7 Å². The van der Waals surface area contributed by atoms with Crippen LogP contribution >= 0.6 is 0 Å². The Labute approximate surface area is 210 Å². The highest BCUT2D eigenvalue weighted by Gasteiger charge is 2.27. The first-order chi connectivity index (χ1) is 17.7. The molecular weight excluding hydrogens is 452 g/mol. The van der Waals surface area contributed by atoms with Gasteiger partial charge in [-0.1, -0.05) is 18.2 Å². The Balaban J connectivity index is 1.18. The number of hydrogen-bond donors (Lipinski definition) is 1. The topological polar surface area (TPSA) is 76.6 Å². The van der Waals surface area contributed by atoms with Crippen molar-refractivity contribution >= 4 is 17.4 Å². The first-order valence-corrected chi connectivity index (χ1v) is 12.0. The van der Waals surface area contributed by atoms with Gasteiger partial charge in [-0.15, -0.1) is 10.2 Å². The zero-order chi connectivity index (χ0) is 24.7. The minimum atomic E-state index is -0.123. The number of aromatic nitrogens is 2. The Morgan fingerprint density at radius 1 is 0.861 bits per heavy atom. The summed E-state index contributed by atoms with van der Waals surface area (Å²) in [5, 5.41) is 11.9. The Morgan fingerprint density at radius 2 is 1.58 bits per heavy atom. The van der Waals surface area contributed by atoms with Crippen LogP contribution in [0.25, 0.3) is 11.3 Å². The molecule has 1 fully saturated rings. The third-order valence-electron chi connectivity index (χ3n) is 6.25. The van der Waals surface area contributed by atoms with Crippen molar-refractivity contribution in [1.29, 1.82) is 0 Å². The standard InChI is InChI=1S/C29H28N4O3/c1-35-24-13-9-21(10-14-24)27-17-18-28(32-31-27)33-19-5-6-22(20-33)29(34)30-23-11-15-26(16-12-23)36-25-7-3-2-4-8-25/h2-4,7-18,22H,5-6,19-20H2,1H3,(H,30,34). The van der Waals surface area contributed by atoms with Crippen molar-refractivity contribution in [2.75, 3.05) is 30.4 Å². The van der Waals surface area contributed by atoms with Crippen molar-refractivity contribution in [2.24, 2.45) is 5.92 Å². The average Bonchev–Trinajstić information content (AvgIpc) is 2.95. The third-order valence-corrected chi connectivity index (χ3v) is 6.25. The van der Waals surface area contributed by atoms with Crippen LogP contribution in [0.2, 0.25) is 0 Å². The molecule has 0 spiro atoms. The van der Waals surface area contributed by atoms with Crippen molar-refractivity contribution in [1.82, 2.24) is 10.2 Å². The fourth-order valence-electron chi connectivity index (χ4n) is 4.28. The van der Waals surface area contributed by atoms with E-state index in [1.807, 2.05) is 91.0 Å². The molecule has 1 aliphatic rings. The number of carbonyl (C=O) groups is 1. The molecule has 0 bridgehead atoms. The van der Waals surface area contributed by atoms with Gasteiger partial charge < -0.3 is 19.7 Å². The molecule has 5 rings (SSSR count). The molecule has 7 heteroatoms. The molecule has 1 unspecified atom stereocenters. The van der Waals surface area contributed by atoms with Crippen LogP contribution in [-0.4, -0.2) is 36.3 Å². The molecular formula is C29H28N4O3. The van der Waals surface area contributed by atoms with Crippen LogP contribution in [0, 0.1) is 5.92 Å². The lowest BCUT2D eigenvalue weighted by molar-refractivity contribution is -0.120. The van der Waals surface area contributed by atoms with Crippen LogP contribution in [-0.2, 0) is 4.79 Å². The number of rotatable bonds is 7. The van der Waals surface area contributed by atoms with Gasteiger partial charge in [0.15, 0.2) is 5.82 Å². The van der Waals surface area contributed by atoms with E-state index in [1.54, 1.807) is 7.11 Å². The maximum absolute atomic E-state index is 13.0. The van der Waals surface area contributed by atoms with Crippen molar-refractivity contribution < 1.29 is 14.3 Å². The van der Waals surface area contributed by atoms with Crippen LogP contribution in [0.1, 0.15) is 12.8 Å². The van der Waals surface area contributed by atoms with Crippen LogP contribution < -0.4 is 19.7 Å². The van der Waals surface area contributed by atoms with E-state index in [0.29, 0.717) is 6.54 Å². The van der Waals surface area contributed by atoms with Crippen LogP contribution in [0.5, 0.6) is 17.2 Å². The lowest BCUT2D eigenvalue weighted by atomic mass is 9.97. The molecule has 0 radical (unpaired) electrons. The average molecular weight is 481 g/mol. The quantitative estimate of drug-likeness (QED) is 0.360. The van der Waals surface area contributed by atoms with Crippen molar-refractivity contribution in [3.63, 3.8) is 0 Å². The van der Waals surface area contributed by atoms with E-state index in [4.69, 9.17) is 9.47 Å². The SMILES string of the molecule is COc1ccc(-c2ccc(N3CCCC(C(=O)Nc4ccc(Oc5ccccc5)cc4)C3)nn2)cc1. The van der Waals surface area contributed by atoms with Gasteiger partial charge in [-0.2, -0.15) is 0 Å². The normalized spacial score (nSPS) is 15.2. The van der Waals surface area contributed by atoms with Crippen LogP contribution in [0.4, 0.5) is 11.5 Å². The lowest BCUT2D eigenvalue weighted by Gasteiger charge is -2.32. The van der Waals surface area contributed by atoms with E-state index in [1.165, 1.54) is 0 Å². The molecule has 1 saturated heterocycles. The molecule has 182 valence electrons. The fourth-order valence-corrected chi connectivity index (χ4v) is 4.28. The molecule has 7 nitrogen and oxygen atoms in total. The number of hydrogen-bond acceptors (Lipinski definition) is 6. The summed E-state index contributed by atoms with van der Waals surface area (Å²) in [4.78, 5) is 15.1. The van der Waals surface area contributed by atoms with Gasteiger partial charge >= 0.3 is 0 Å². The number of benzene rings is 3. The number of amides is 1. The number of para-hydroxylation sites is 1. The Kier molecular flexibility index (Phi) is 7.07. The number of methoxy groups -OCH3 is 1. The van der Waals surface area contributed by atoms with Gasteiger partial charge in [0.2, 0.25) is 5.91 Å². The zero-order valence-electron chi connectivity index (χ0n) is 20.1. The van der Waals surface area contributed by atoms with Gasteiger partial charge in [0, 0.05) is 24.3 Å². The number of carbonyl (C=O) groups excluding carboxylic acids is 1. The van der Waals surface area contributed by atoms with Crippen molar-refractivity contribution in [3.8, 4) is 28.5 Å². The minimum Gasteiger partial charge on any atom is -0.497 e. The number of ether oxygens (including phenoxy) is 2. The Hall–Kier alpha value is -4.39. The summed E-state index contributed by atoms with van der Waals surface area (Å²) >= 11 is 0. The summed E-state index contributed by atoms with van der Waals surface area (Å²) in [5.74, 6) is 2.97.